The van der Waals surface area contributed by atoms with E-state index in [0.29, 0.717) is 0 Å². The van der Waals surface area contributed by atoms with E-state index in [1.807, 2.05) is 0 Å². The van der Waals surface area contributed by atoms with E-state index in [2.05, 4.69) is 288 Å². The fourth-order valence-corrected chi connectivity index (χ4v) is 28.2. The topological polar surface area (TPSA) is 44.8 Å². The Balaban J connectivity index is 1.61. The Labute approximate surface area is 484 Å². The third-order valence-corrected chi connectivity index (χ3v) is 31.8. The van der Waals surface area contributed by atoms with E-state index >= 15 is 4.57 Å². The van der Waals surface area contributed by atoms with Gasteiger partial charge in [0.1, 0.15) is 0 Å². The molecule has 0 spiro atoms. The van der Waals surface area contributed by atoms with Gasteiger partial charge in [-0.25, -0.2) is 16.5 Å². The first kappa shape index (κ1) is 58.8. The van der Waals surface area contributed by atoms with E-state index in [1.165, 1.54) is 0 Å². The van der Waals surface area contributed by atoms with Gasteiger partial charge in [0.25, 0.3) is 0 Å². The van der Waals surface area contributed by atoms with Crippen LogP contribution < -0.4 is 0 Å². The lowest BCUT2D eigenvalue weighted by Gasteiger charge is -2.51. The molecule has 0 aliphatic rings. The second kappa shape index (κ2) is 22.8. The van der Waals surface area contributed by atoms with Crippen molar-refractivity contribution in [3.05, 3.63) is 264 Å². The Kier molecular flexibility index (Phi) is 16.8. The van der Waals surface area contributed by atoms with Gasteiger partial charge in [0.05, 0.1) is 0 Å². The second-order valence-corrected chi connectivity index (χ2v) is 32.1. The highest BCUT2D eigenvalue weighted by atomic mass is 32.3. The molecule has 8 heteroatoms. The minimum absolute atomic E-state index is 0.934. The van der Waals surface area contributed by atoms with E-state index in [-0.39, 0.29) is 0 Å². The lowest BCUT2D eigenvalue weighted by atomic mass is 10.1. The van der Waals surface area contributed by atoms with Crippen molar-refractivity contribution in [2.45, 2.75) is 169 Å². The van der Waals surface area contributed by atoms with Crippen molar-refractivity contribution in [2.75, 3.05) is 0 Å². The first-order chi connectivity index (χ1) is 38.0. The third-order valence-electron chi connectivity index (χ3n) is 17.4. The quantitative estimate of drug-likeness (QED) is 0.0960. The Morgan fingerprint density at radius 1 is 0.212 bits per heavy atom. The predicted octanol–water partition coefficient (Wildman–Crippen LogP) is 22.4. The molecule has 0 N–H and O–H groups in total. The number of hydrogen-bond acceptors (Lipinski definition) is 4. The number of rotatable bonds is 15. The van der Waals surface area contributed by atoms with Gasteiger partial charge in [0.2, 0.25) is 0 Å². The van der Waals surface area contributed by atoms with E-state index in [0.717, 1.165) is 144 Å². The third kappa shape index (κ3) is 9.89. The molecule has 0 fully saturated rings. The molecule has 0 radical (unpaired) electrons. The summed E-state index contributed by atoms with van der Waals surface area (Å²) in [6, 6.07) is 58.4. The Morgan fingerprint density at radius 3 is 0.438 bits per heavy atom. The smallest absolute Gasteiger partial charge is 0.225 e. The summed E-state index contributed by atoms with van der Waals surface area (Å²) < 4.78 is 45.6. The molecule has 0 atom stereocenters. The Bertz CT molecular complexity index is 3150. The summed E-state index contributed by atoms with van der Waals surface area (Å²) in [5, 5.41) is 0. The molecule has 416 valence electrons. The minimum atomic E-state index is -5.28. The molecule has 80 heavy (non-hydrogen) atoms. The van der Waals surface area contributed by atoms with Gasteiger partial charge in [-0.05, 0) is 310 Å². The van der Waals surface area contributed by atoms with Crippen LogP contribution in [0, 0.1) is 125 Å². The van der Waals surface area contributed by atoms with Gasteiger partial charge in [-0.15, -0.1) is 0 Å². The Hall–Kier alpha value is -5.86. The van der Waals surface area contributed by atoms with Gasteiger partial charge < -0.3 is 0 Å². The monoisotopic (exact) mass is 1140 g/mol. The first-order valence-electron chi connectivity index (χ1n) is 27.8. The van der Waals surface area contributed by atoms with Gasteiger partial charge in [0, 0.05) is 44.1 Å². The largest absolute Gasteiger partial charge is 0.506 e. The molecule has 9 aromatic carbocycles. The van der Waals surface area contributed by atoms with E-state index in [1.54, 1.807) is 0 Å². The van der Waals surface area contributed by atoms with Crippen LogP contribution in [0.5, 0.6) is 0 Å². The molecule has 0 aliphatic carbocycles. The highest BCUT2D eigenvalue weighted by Crippen LogP contribution is 2.90. The maximum atomic E-state index is 19.6. The zero-order valence-electron chi connectivity index (χ0n) is 50.4. The standard InChI is InChI=1S/C72H81O4PS3/c1-46-28-19-37-64(55(46)10)78(65-38-20-29-47(2)56(65)11,66-39-21-30-48(3)57(66)12)74-77(73,75-79(67-40-22-31-49(4)58(67)13,68-41-23-32-50(5)59(68)14)69-42-24-33-51(6)60(69)15)76-80(70-43-25-34-52(7)61(70)16,71-44-26-35-53(8)62(71)17)72-45-27-36-54(9)63(72)18/h19-45H,1-18H3. The molecule has 0 saturated heterocycles. The van der Waals surface area contributed by atoms with Crippen molar-refractivity contribution in [3.63, 3.8) is 0 Å². The lowest BCUT2D eigenvalue weighted by molar-refractivity contribution is 0.332. The van der Waals surface area contributed by atoms with E-state index in [4.69, 9.17) is 11.9 Å². The predicted molar refractivity (Wildman–Crippen MR) is 341 cm³/mol. The molecule has 0 aromatic heterocycles. The van der Waals surface area contributed by atoms with Crippen LogP contribution in [-0.2, 0) is 16.5 Å². The van der Waals surface area contributed by atoms with Crippen molar-refractivity contribution in [2.24, 2.45) is 0 Å². The van der Waals surface area contributed by atoms with Crippen LogP contribution in [0.3, 0.4) is 0 Å². The number of hydrogen-bond donors (Lipinski definition) is 0. The zero-order valence-corrected chi connectivity index (χ0v) is 53.7. The van der Waals surface area contributed by atoms with Crippen LogP contribution >= 0.6 is 38.7 Å². The molecule has 0 heterocycles. The summed E-state index contributed by atoms with van der Waals surface area (Å²) in [6.45, 7) is 39.2. The number of benzene rings is 9. The molecule has 9 aromatic rings. The van der Waals surface area contributed by atoms with Crippen molar-refractivity contribution >= 4 is 38.7 Å². The Morgan fingerprint density at radius 2 is 0.325 bits per heavy atom. The average Bonchev–Trinajstić information content (AvgIpc) is 3.62. The highest BCUT2D eigenvalue weighted by molar-refractivity contribution is 8.36. The molecule has 0 aliphatic heterocycles. The summed E-state index contributed by atoms with van der Waals surface area (Å²) in [7, 11) is -14.8. The van der Waals surface area contributed by atoms with Gasteiger partial charge in [-0.1, -0.05) is 109 Å². The van der Waals surface area contributed by atoms with Crippen LogP contribution in [0.4, 0.5) is 0 Å². The summed E-state index contributed by atoms with van der Waals surface area (Å²) in [5.74, 6) is 0. The van der Waals surface area contributed by atoms with E-state index < -0.39 is 38.7 Å². The minimum Gasteiger partial charge on any atom is -0.225 e. The summed E-state index contributed by atoms with van der Waals surface area (Å²) in [5.41, 5.74) is 19.3. The van der Waals surface area contributed by atoms with Crippen molar-refractivity contribution in [1.82, 2.24) is 0 Å². The van der Waals surface area contributed by atoms with Gasteiger partial charge >= 0.3 is 7.82 Å². The zero-order chi connectivity index (χ0) is 57.8. The summed E-state index contributed by atoms with van der Waals surface area (Å²) in [6.07, 6.45) is 0. The van der Waals surface area contributed by atoms with Crippen LogP contribution in [0.1, 0.15) is 100 Å². The first-order valence-corrected chi connectivity index (χ1v) is 33.9. The SMILES string of the molecule is Cc1cccc(S(OP(=O)(OS(c2cccc(C)c2C)(c2cccc(C)c2C)c2cccc(C)c2C)OS(c2cccc(C)c2C)(c2cccc(C)c2C)c2cccc(C)c2C)(c2cccc(C)c2C)c2cccc(C)c2C)c1C. The van der Waals surface area contributed by atoms with Crippen molar-refractivity contribution in [1.29, 1.82) is 0 Å². The van der Waals surface area contributed by atoms with Gasteiger partial charge in [-0.3, -0.25) is 0 Å². The lowest BCUT2D eigenvalue weighted by Crippen LogP contribution is -2.19. The normalized spacial score (nSPS) is 12.9. The molecular weight excluding hydrogens is 1060 g/mol. The molecule has 4 nitrogen and oxygen atoms in total. The maximum Gasteiger partial charge on any atom is 0.506 e. The molecule has 0 bridgehead atoms. The van der Waals surface area contributed by atoms with Crippen LogP contribution in [-0.4, -0.2) is 0 Å². The number of aryl methyl sites for hydroxylation is 9. The van der Waals surface area contributed by atoms with Crippen LogP contribution in [0.15, 0.2) is 208 Å². The highest BCUT2D eigenvalue weighted by Gasteiger charge is 2.55. The average molecular weight is 1140 g/mol. The van der Waals surface area contributed by atoms with Gasteiger partial charge in [0.15, 0.2) is 0 Å². The fraction of sp³-hybridized carbons (Fsp3) is 0.250. The van der Waals surface area contributed by atoms with Crippen molar-refractivity contribution < 1.29 is 16.5 Å². The second-order valence-electron chi connectivity index (χ2n) is 22.1. The molecule has 0 amide bonds. The molecule has 0 unspecified atom stereocenters. The summed E-state index contributed by atoms with van der Waals surface area (Å²) in [4.78, 5) is 8.41. The molecule has 0 saturated carbocycles. The fourth-order valence-electron chi connectivity index (χ4n) is 11.2. The molecular formula is C72H81O4PS3. The number of phosphoric acid groups is 1. The van der Waals surface area contributed by atoms with E-state index in [9.17, 15) is 0 Å². The van der Waals surface area contributed by atoms with Gasteiger partial charge in [-0.2, -0.15) is 0 Å². The van der Waals surface area contributed by atoms with Crippen molar-refractivity contribution in [3.8, 4) is 0 Å². The van der Waals surface area contributed by atoms with Crippen LogP contribution in [0.2, 0.25) is 0 Å². The van der Waals surface area contributed by atoms with Crippen LogP contribution in [0.25, 0.3) is 0 Å². The summed E-state index contributed by atoms with van der Waals surface area (Å²) >= 11 is 0. The molecule has 9 rings (SSSR count). The maximum absolute atomic E-state index is 19.6.